The van der Waals surface area contributed by atoms with E-state index in [-0.39, 0.29) is 29.4 Å². The average molecular weight is 478 g/mol. The lowest BCUT2D eigenvalue weighted by Gasteiger charge is -2.26. The molecule has 5 nitrogen and oxygen atoms in total. The van der Waals surface area contributed by atoms with Crippen LogP contribution in [0.3, 0.4) is 0 Å². The number of hydrogen-bond acceptors (Lipinski definition) is 4. The minimum Gasteiger partial charge on any atom is -0.507 e. The molecule has 1 fully saturated rings. The second kappa shape index (κ2) is 10.4. The summed E-state index contributed by atoms with van der Waals surface area (Å²) < 4.78 is 5.69. The third kappa shape index (κ3) is 5.67. The van der Waals surface area contributed by atoms with Gasteiger partial charge in [0.2, 0.25) is 0 Å². The van der Waals surface area contributed by atoms with Gasteiger partial charge in [-0.05, 0) is 60.4 Å². The van der Waals surface area contributed by atoms with E-state index in [1.54, 1.807) is 0 Å². The minimum atomic E-state index is -0.676. The SMILES string of the molecule is Cc1ccc(C(C)(C)C)cc1/C(O)=C1\C(=O)C(=O)N(CCOC(C)C)C1c1ccc(C(C)C)cc1. The molecular formula is C30H39NO4. The van der Waals surface area contributed by atoms with Crippen molar-refractivity contribution >= 4 is 17.4 Å². The molecule has 5 heteroatoms. The van der Waals surface area contributed by atoms with Gasteiger partial charge < -0.3 is 14.7 Å². The van der Waals surface area contributed by atoms with E-state index in [9.17, 15) is 14.7 Å². The van der Waals surface area contributed by atoms with Gasteiger partial charge in [0.25, 0.3) is 11.7 Å². The first-order valence-corrected chi connectivity index (χ1v) is 12.4. The Hall–Kier alpha value is -2.92. The van der Waals surface area contributed by atoms with E-state index in [0.29, 0.717) is 18.1 Å². The number of ketones is 1. The molecule has 3 rings (SSSR count). The van der Waals surface area contributed by atoms with E-state index in [2.05, 4.69) is 34.6 Å². The molecule has 1 amide bonds. The molecule has 1 unspecified atom stereocenters. The molecule has 1 aliphatic rings. The number of hydrogen-bond donors (Lipinski definition) is 1. The van der Waals surface area contributed by atoms with Crippen molar-refractivity contribution in [3.05, 3.63) is 75.9 Å². The summed E-state index contributed by atoms with van der Waals surface area (Å²) in [6.07, 6.45) is 0.0124. The van der Waals surface area contributed by atoms with Gasteiger partial charge in [-0.1, -0.05) is 71.0 Å². The van der Waals surface area contributed by atoms with Crippen LogP contribution in [0.4, 0.5) is 0 Å². The molecule has 0 spiro atoms. The first-order chi connectivity index (χ1) is 16.3. The van der Waals surface area contributed by atoms with E-state index < -0.39 is 17.7 Å². The summed E-state index contributed by atoms with van der Waals surface area (Å²) in [5.41, 5.74) is 4.44. The molecule has 0 bridgehead atoms. The van der Waals surface area contributed by atoms with Crippen molar-refractivity contribution in [2.45, 2.75) is 78.9 Å². The van der Waals surface area contributed by atoms with Gasteiger partial charge in [-0.3, -0.25) is 9.59 Å². The molecule has 1 aliphatic heterocycles. The van der Waals surface area contributed by atoms with Gasteiger partial charge >= 0.3 is 0 Å². The number of carbonyl (C=O) groups is 2. The van der Waals surface area contributed by atoms with Gasteiger partial charge in [0.15, 0.2) is 0 Å². The van der Waals surface area contributed by atoms with E-state index >= 15 is 0 Å². The number of amides is 1. The van der Waals surface area contributed by atoms with Gasteiger partial charge in [0, 0.05) is 12.1 Å². The summed E-state index contributed by atoms with van der Waals surface area (Å²) >= 11 is 0. The Labute approximate surface area is 209 Å². The topological polar surface area (TPSA) is 66.8 Å². The Kier molecular flexibility index (Phi) is 7.90. The van der Waals surface area contributed by atoms with Gasteiger partial charge in [0.05, 0.1) is 24.3 Å². The van der Waals surface area contributed by atoms with Crippen molar-refractivity contribution in [3.63, 3.8) is 0 Å². The monoisotopic (exact) mass is 477 g/mol. The molecule has 2 aromatic rings. The maximum atomic E-state index is 13.3. The highest BCUT2D eigenvalue weighted by molar-refractivity contribution is 6.46. The Bertz CT molecular complexity index is 1120. The Morgan fingerprint density at radius 3 is 2.20 bits per heavy atom. The smallest absolute Gasteiger partial charge is 0.295 e. The van der Waals surface area contributed by atoms with Crippen molar-refractivity contribution in [3.8, 4) is 0 Å². The second-order valence-corrected chi connectivity index (χ2v) is 11.0. The zero-order valence-electron chi connectivity index (χ0n) is 22.3. The molecule has 2 aromatic carbocycles. The number of rotatable bonds is 7. The fourth-order valence-corrected chi connectivity index (χ4v) is 4.40. The molecule has 1 N–H and O–H groups in total. The van der Waals surface area contributed by atoms with Crippen LogP contribution >= 0.6 is 0 Å². The summed E-state index contributed by atoms with van der Waals surface area (Å²) in [5.74, 6) is -1.04. The van der Waals surface area contributed by atoms with Gasteiger partial charge in [-0.15, -0.1) is 0 Å². The van der Waals surface area contributed by atoms with Crippen molar-refractivity contribution in [1.82, 2.24) is 4.90 Å². The van der Waals surface area contributed by atoms with Crippen LogP contribution < -0.4 is 0 Å². The summed E-state index contributed by atoms with van der Waals surface area (Å²) in [5, 5.41) is 11.5. The number of aryl methyl sites for hydroxylation is 1. The largest absolute Gasteiger partial charge is 0.507 e. The summed E-state index contributed by atoms with van der Waals surface area (Å²) in [6.45, 7) is 16.9. The number of nitrogens with zero attached hydrogens (tertiary/aromatic N) is 1. The predicted octanol–water partition coefficient (Wildman–Crippen LogP) is 6.26. The van der Waals surface area contributed by atoms with Crippen molar-refractivity contribution < 1.29 is 19.4 Å². The highest BCUT2D eigenvalue weighted by Gasteiger charge is 2.46. The Balaban J connectivity index is 2.17. The van der Waals surface area contributed by atoms with E-state index in [4.69, 9.17) is 4.74 Å². The van der Waals surface area contributed by atoms with Gasteiger partial charge in [0.1, 0.15) is 5.76 Å². The van der Waals surface area contributed by atoms with Crippen LogP contribution in [0.5, 0.6) is 0 Å². The maximum absolute atomic E-state index is 13.3. The van der Waals surface area contributed by atoms with E-state index in [1.165, 1.54) is 10.5 Å². The molecule has 35 heavy (non-hydrogen) atoms. The van der Waals surface area contributed by atoms with Crippen LogP contribution in [-0.4, -0.2) is 41.0 Å². The summed E-state index contributed by atoms with van der Waals surface area (Å²) in [7, 11) is 0. The zero-order chi connectivity index (χ0) is 26.1. The maximum Gasteiger partial charge on any atom is 0.295 e. The number of likely N-dealkylation sites (tertiary alicyclic amines) is 1. The minimum absolute atomic E-state index is 0.0124. The van der Waals surface area contributed by atoms with Crippen molar-refractivity contribution in [2.24, 2.45) is 0 Å². The first kappa shape index (κ1) is 26.7. The average Bonchev–Trinajstić information content (AvgIpc) is 3.03. The van der Waals surface area contributed by atoms with Crippen LogP contribution in [0.15, 0.2) is 48.0 Å². The molecule has 1 atom stereocenters. The van der Waals surface area contributed by atoms with Gasteiger partial charge in [-0.2, -0.15) is 0 Å². The number of aliphatic hydroxyl groups is 1. The Morgan fingerprint density at radius 1 is 1.03 bits per heavy atom. The van der Waals surface area contributed by atoms with Gasteiger partial charge in [-0.25, -0.2) is 0 Å². The second-order valence-electron chi connectivity index (χ2n) is 11.0. The number of ether oxygens (including phenoxy) is 1. The molecule has 0 aromatic heterocycles. The number of benzene rings is 2. The Morgan fingerprint density at radius 2 is 1.66 bits per heavy atom. The van der Waals surface area contributed by atoms with Crippen molar-refractivity contribution in [2.75, 3.05) is 13.2 Å². The lowest BCUT2D eigenvalue weighted by atomic mass is 9.84. The third-order valence-electron chi connectivity index (χ3n) is 6.60. The molecule has 1 saturated heterocycles. The van der Waals surface area contributed by atoms with Crippen LogP contribution in [0.2, 0.25) is 0 Å². The predicted molar refractivity (Wildman–Crippen MR) is 141 cm³/mol. The number of carbonyl (C=O) groups excluding carboxylic acids is 2. The standard InChI is InChI=1S/C30H39NO4/c1-18(2)21-10-12-22(13-11-21)26-25(28(33)29(34)31(26)15-16-35-19(3)4)27(32)24-17-23(30(6,7)8)14-9-20(24)5/h9-14,17-19,26,32H,15-16H2,1-8H3/b27-25+. The molecule has 1 heterocycles. The molecule has 0 saturated carbocycles. The summed E-state index contributed by atoms with van der Waals surface area (Å²) in [4.78, 5) is 28.0. The summed E-state index contributed by atoms with van der Waals surface area (Å²) in [6, 6.07) is 13.2. The van der Waals surface area contributed by atoms with E-state index in [0.717, 1.165) is 16.7 Å². The number of aliphatic hydroxyl groups excluding tert-OH is 1. The van der Waals surface area contributed by atoms with Crippen molar-refractivity contribution in [1.29, 1.82) is 0 Å². The van der Waals surface area contributed by atoms with Crippen LogP contribution in [0.25, 0.3) is 5.76 Å². The molecule has 188 valence electrons. The third-order valence-corrected chi connectivity index (χ3v) is 6.60. The molecule has 0 radical (unpaired) electrons. The van der Waals surface area contributed by atoms with Crippen LogP contribution in [0.1, 0.15) is 88.2 Å². The molecule has 0 aliphatic carbocycles. The quantitative estimate of drug-likeness (QED) is 0.290. The highest BCUT2D eigenvalue weighted by Crippen LogP contribution is 2.40. The lowest BCUT2D eigenvalue weighted by molar-refractivity contribution is -0.140. The number of Topliss-reactive ketones (excluding diaryl/α,β-unsaturated/α-hetero) is 1. The molecular weight excluding hydrogens is 438 g/mol. The van der Waals surface area contributed by atoms with Crippen LogP contribution in [0, 0.1) is 6.92 Å². The normalized spacial score (nSPS) is 18.2. The van der Waals surface area contributed by atoms with E-state index in [1.807, 2.05) is 63.2 Å². The highest BCUT2D eigenvalue weighted by atomic mass is 16.5. The lowest BCUT2D eigenvalue weighted by Crippen LogP contribution is -2.33. The fraction of sp³-hybridized carbons (Fsp3) is 0.467. The fourth-order valence-electron chi connectivity index (χ4n) is 4.40. The zero-order valence-corrected chi connectivity index (χ0v) is 22.3. The first-order valence-electron chi connectivity index (χ1n) is 12.4. The van der Waals surface area contributed by atoms with Crippen LogP contribution in [-0.2, 0) is 19.7 Å².